The lowest BCUT2D eigenvalue weighted by atomic mass is 10.3. The molecule has 0 unspecified atom stereocenters. The number of aryl methyl sites for hydroxylation is 1. The Bertz CT molecular complexity index is 939. The lowest BCUT2D eigenvalue weighted by molar-refractivity contribution is -0.120. The highest BCUT2D eigenvalue weighted by Gasteiger charge is 2.21. The molecule has 26 heavy (non-hydrogen) atoms. The maximum absolute atomic E-state index is 11.5. The van der Waals surface area contributed by atoms with Crippen LogP contribution in [0.3, 0.4) is 0 Å². The maximum atomic E-state index is 11.5. The zero-order chi connectivity index (χ0) is 17.9. The molecule has 0 spiro atoms. The van der Waals surface area contributed by atoms with Gasteiger partial charge in [-0.15, -0.1) is 0 Å². The molecular formula is C18H18N6O2. The van der Waals surface area contributed by atoms with E-state index >= 15 is 0 Å². The van der Waals surface area contributed by atoms with Crippen LogP contribution in [0.15, 0.2) is 47.1 Å². The Hall–Kier alpha value is -3.42. The van der Waals surface area contributed by atoms with E-state index in [0.717, 1.165) is 11.4 Å². The molecule has 8 heteroatoms. The van der Waals surface area contributed by atoms with Crippen molar-refractivity contribution in [2.24, 2.45) is 0 Å². The fraction of sp³-hybridized carbons (Fsp3) is 0.222. The minimum atomic E-state index is -0.0361. The third-order valence-electron chi connectivity index (χ3n) is 3.98. The summed E-state index contributed by atoms with van der Waals surface area (Å²) in [5.74, 6) is 1.90. The van der Waals surface area contributed by atoms with Crippen LogP contribution in [0.5, 0.6) is 0 Å². The fourth-order valence-electron chi connectivity index (χ4n) is 2.71. The Morgan fingerprint density at radius 1 is 1.23 bits per heavy atom. The van der Waals surface area contributed by atoms with Gasteiger partial charge in [0.05, 0.1) is 6.20 Å². The molecule has 0 radical (unpaired) electrons. The van der Waals surface area contributed by atoms with Crippen LogP contribution < -0.4 is 15.5 Å². The fourth-order valence-corrected chi connectivity index (χ4v) is 2.71. The van der Waals surface area contributed by atoms with E-state index in [1.54, 1.807) is 17.3 Å². The van der Waals surface area contributed by atoms with Crippen molar-refractivity contribution in [3.8, 4) is 11.5 Å². The number of carbonyl (C=O) groups excluding carboxylic acids is 1. The van der Waals surface area contributed by atoms with Crippen LogP contribution in [0.1, 0.15) is 5.56 Å². The van der Waals surface area contributed by atoms with Crippen molar-refractivity contribution in [1.82, 2.24) is 20.3 Å². The topological polar surface area (TPSA) is 96.2 Å². The first-order valence-electron chi connectivity index (χ1n) is 8.32. The molecule has 2 N–H and O–H groups in total. The smallest absolute Gasteiger partial charge is 0.298 e. The van der Waals surface area contributed by atoms with Gasteiger partial charge in [0.25, 0.3) is 6.01 Å². The maximum Gasteiger partial charge on any atom is 0.298 e. The second-order valence-corrected chi connectivity index (χ2v) is 6.03. The summed E-state index contributed by atoms with van der Waals surface area (Å²) in [6, 6.07) is 9.91. The van der Waals surface area contributed by atoms with Crippen molar-refractivity contribution in [2.75, 3.05) is 29.9 Å². The van der Waals surface area contributed by atoms with E-state index in [4.69, 9.17) is 4.42 Å². The summed E-state index contributed by atoms with van der Waals surface area (Å²) in [4.78, 5) is 26.4. The Kier molecular flexibility index (Phi) is 4.22. The number of hydrogen-bond acceptors (Lipinski definition) is 7. The lowest BCUT2D eigenvalue weighted by Crippen LogP contribution is -2.47. The van der Waals surface area contributed by atoms with Gasteiger partial charge in [0.1, 0.15) is 23.9 Å². The first kappa shape index (κ1) is 16.1. The Morgan fingerprint density at radius 2 is 2.15 bits per heavy atom. The molecule has 1 amide bonds. The zero-order valence-electron chi connectivity index (χ0n) is 14.3. The van der Waals surface area contributed by atoms with Gasteiger partial charge >= 0.3 is 0 Å². The molecule has 3 aromatic heterocycles. The minimum Gasteiger partial charge on any atom is -0.422 e. The van der Waals surface area contributed by atoms with Gasteiger partial charge in [0.2, 0.25) is 5.91 Å². The SMILES string of the molecule is Cc1ccnc(Nc2cccc(-c3cnc(N4CCNC(=O)C4)o3)n2)c1. The molecule has 0 aliphatic carbocycles. The Labute approximate surface area is 150 Å². The molecule has 0 aromatic carbocycles. The second kappa shape index (κ2) is 6.83. The quantitative estimate of drug-likeness (QED) is 0.744. The van der Waals surface area contributed by atoms with Crippen LogP contribution in [0, 0.1) is 6.92 Å². The van der Waals surface area contributed by atoms with E-state index in [1.165, 1.54) is 0 Å². The molecule has 1 aliphatic heterocycles. The monoisotopic (exact) mass is 350 g/mol. The number of amides is 1. The summed E-state index contributed by atoms with van der Waals surface area (Å²) in [6.07, 6.45) is 3.37. The van der Waals surface area contributed by atoms with Crippen LogP contribution in [-0.2, 0) is 4.79 Å². The Morgan fingerprint density at radius 3 is 3.00 bits per heavy atom. The first-order valence-corrected chi connectivity index (χ1v) is 8.32. The third-order valence-corrected chi connectivity index (χ3v) is 3.98. The first-order chi connectivity index (χ1) is 12.7. The molecule has 1 aliphatic rings. The van der Waals surface area contributed by atoms with Crippen molar-refractivity contribution in [2.45, 2.75) is 6.92 Å². The standard InChI is InChI=1S/C18H18N6O2/c1-12-5-6-19-16(9-12)23-15-4-2-3-13(22-15)14-10-21-18(26-14)24-8-7-20-17(25)11-24/h2-6,9-10H,7-8,11H2,1H3,(H,20,25)(H,19,22,23). The van der Waals surface area contributed by atoms with Gasteiger partial charge in [-0.3, -0.25) is 4.79 Å². The predicted molar refractivity (Wildman–Crippen MR) is 97.2 cm³/mol. The molecule has 1 fully saturated rings. The Balaban J connectivity index is 1.54. The molecule has 3 aromatic rings. The van der Waals surface area contributed by atoms with Crippen molar-refractivity contribution in [3.05, 3.63) is 48.3 Å². The number of aromatic nitrogens is 3. The van der Waals surface area contributed by atoms with Crippen molar-refractivity contribution < 1.29 is 9.21 Å². The van der Waals surface area contributed by atoms with E-state index in [2.05, 4.69) is 25.6 Å². The molecule has 1 saturated heterocycles. The number of rotatable bonds is 4. The predicted octanol–water partition coefficient (Wildman–Crippen LogP) is 2.12. The highest BCUT2D eigenvalue weighted by Crippen LogP contribution is 2.25. The molecule has 132 valence electrons. The number of nitrogens with zero attached hydrogens (tertiary/aromatic N) is 4. The number of anilines is 3. The minimum absolute atomic E-state index is 0.0361. The number of pyridine rings is 2. The second-order valence-electron chi connectivity index (χ2n) is 6.03. The average Bonchev–Trinajstić information content (AvgIpc) is 3.12. The van der Waals surface area contributed by atoms with Crippen molar-refractivity contribution in [1.29, 1.82) is 0 Å². The average molecular weight is 350 g/mol. The van der Waals surface area contributed by atoms with Crippen LogP contribution in [0.4, 0.5) is 17.7 Å². The summed E-state index contributed by atoms with van der Waals surface area (Å²) in [7, 11) is 0. The highest BCUT2D eigenvalue weighted by molar-refractivity contribution is 5.81. The van der Waals surface area contributed by atoms with Crippen LogP contribution in [0.2, 0.25) is 0 Å². The molecule has 0 bridgehead atoms. The van der Waals surface area contributed by atoms with E-state index in [-0.39, 0.29) is 12.5 Å². The summed E-state index contributed by atoms with van der Waals surface area (Å²) in [5.41, 5.74) is 1.77. The number of piperazine rings is 1. The number of hydrogen-bond donors (Lipinski definition) is 2. The molecule has 0 atom stereocenters. The van der Waals surface area contributed by atoms with Crippen LogP contribution in [0.25, 0.3) is 11.5 Å². The van der Waals surface area contributed by atoms with Crippen LogP contribution >= 0.6 is 0 Å². The van der Waals surface area contributed by atoms with E-state index < -0.39 is 0 Å². The van der Waals surface area contributed by atoms with Gasteiger partial charge in [-0.2, -0.15) is 0 Å². The van der Waals surface area contributed by atoms with Crippen molar-refractivity contribution >= 4 is 23.6 Å². The van der Waals surface area contributed by atoms with Crippen molar-refractivity contribution in [3.63, 3.8) is 0 Å². The number of nitrogens with one attached hydrogen (secondary N) is 2. The van der Waals surface area contributed by atoms with E-state index in [1.807, 2.05) is 37.3 Å². The van der Waals surface area contributed by atoms with Gasteiger partial charge in [0, 0.05) is 19.3 Å². The molecule has 0 saturated carbocycles. The largest absolute Gasteiger partial charge is 0.422 e. The zero-order valence-corrected chi connectivity index (χ0v) is 14.3. The van der Waals surface area contributed by atoms with Gasteiger partial charge in [-0.1, -0.05) is 6.07 Å². The molecule has 4 heterocycles. The van der Waals surface area contributed by atoms with Gasteiger partial charge in [0.15, 0.2) is 5.76 Å². The molecule has 4 rings (SSSR count). The molecule has 8 nitrogen and oxygen atoms in total. The van der Waals surface area contributed by atoms with Crippen LogP contribution in [-0.4, -0.2) is 40.5 Å². The third kappa shape index (κ3) is 3.49. The van der Waals surface area contributed by atoms with E-state index in [9.17, 15) is 4.79 Å². The lowest BCUT2D eigenvalue weighted by Gasteiger charge is -2.24. The number of oxazole rings is 1. The summed E-state index contributed by atoms with van der Waals surface area (Å²) >= 11 is 0. The summed E-state index contributed by atoms with van der Waals surface area (Å²) in [5, 5.41) is 5.96. The highest BCUT2D eigenvalue weighted by atomic mass is 16.4. The van der Waals surface area contributed by atoms with Gasteiger partial charge in [-0.25, -0.2) is 15.0 Å². The summed E-state index contributed by atoms with van der Waals surface area (Å²) in [6.45, 7) is 3.50. The van der Waals surface area contributed by atoms with E-state index in [0.29, 0.717) is 36.4 Å². The van der Waals surface area contributed by atoms with Gasteiger partial charge < -0.3 is 20.0 Å². The van der Waals surface area contributed by atoms with Gasteiger partial charge in [-0.05, 0) is 36.8 Å². The number of carbonyl (C=O) groups is 1. The normalized spacial score (nSPS) is 14.2. The molecular weight excluding hydrogens is 332 g/mol. The summed E-state index contributed by atoms with van der Waals surface area (Å²) < 4.78 is 5.81.